The first kappa shape index (κ1) is 44.6. The van der Waals surface area contributed by atoms with Crippen molar-refractivity contribution in [2.24, 2.45) is 0 Å². The molecule has 3 heterocycles. The number of hydrogen-bond acceptors (Lipinski definition) is 13. The number of ether oxygens (including phenoxy) is 1. The van der Waals surface area contributed by atoms with E-state index in [2.05, 4.69) is 47.2 Å². The van der Waals surface area contributed by atoms with Crippen molar-refractivity contribution >= 4 is 59.1 Å². The van der Waals surface area contributed by atoms with Gasteiger partial charge in [-0.1, -0.05) is 17.7 Å². The van der Waals surface area contributed by atoms with Gasteiger partial charge in [-0.05, 0) is 82.8 Å². The van der Waals surface area contributed by atoms with E-state index in [0.717, 1.165) is 70.8 Å². The van der Waals surface area contributed by atoms with E-state index in [0.29, 0.717) is 77.1 Å². The van der Waals surface area contributed by atoms with Gasteiger partial charge in [-0.2, -0.15) is 4.98 Å². The van der Waals surface area contributed by atoms with Crippen LogP contribution in [0.3, 0.4) is 0 Å². The Bertz CT molecular complexity index is 1810. The second kappa shape index (κ2) is 22.6. The van der Waals surface area contributed by atoms with E-state index in [9.17, 15) is 19.2 Å². The molecule has 57 heavy (non-hydrogen) atoms. The fraction of sp³-hybridized carbons (Fsp3) is 0.463. The molecule has 0 saturated carbocycles. The van der Waals surface area contributed by atoms with Crippen LogP contribution in [0.2, 0.25) is 5.02 Å². The Kier molecular flexibility index (Phi) is 17.7. The first-order valence-electron chi connectivity index (χ1n) is 19.3. The number of allylic oxidation sites excluding steroid dienone is 1. The zero-order valence-corrected chi connectivity index (χ0v) is 34.6. The second-order valence-corrected chi connectivity index (χ2v) is 14.3. The van der Waals surface area contributed by atoms with Crippen molar-refractivity contribution in [1.29, 1.82) is 0 Å². The van der Waals surface area contributed by atoms with Crippen molar-refractivity contribution in [2.75, 3.05) is 116 Å². The number of piperazine rings is 2. The van der Waals surface area contributed by atoms with Gasteiger partial charge in [0.2, 0.25) is 5.95 Å². The van der Waals surface area contributed by atoms with Crippen molar-refractivity contribution in [3.63, 3.8) is 0 Å². The number of methoxy groups -OCH3 is 1. The molecular formula is C41H57ClN10O5. The monoisotopic (exact) mass is 804 g/mol. The second-order valence-electron chi connectivity index (χ2n) is 13.9. The third-order valence-corrected chi connectivity index (χ3v) is 10.3. The van der Waals surface area contributed by atoms with Gasteiger partial charge >= 0.3 is 0 Å². The number of anilines is 4. The van der Waals surface area contributed by atoms with Crippen molar-refractivity contribution in [1.82, 2.24) is 34.9 Å². The predicted octanol–water partition coefficient (Wildman–Crippen LogP) is 4.15. The normalized spacial score (nSPS) is 15.1. The van der Waals surface area contributed by atoms with Gasteiger partial charge in [-0.15, -0.1) is 6.58 Å². The molecule has 2 aromatic carbocycles. The van der Waals surface area contributed by atoms with Gasteiger partial charge in [-0.3, -0.25) is 24.2 Å². The lowest BCUT2D eigenvalue weighted by Gasteiger charge is -2.37. The Morgan fingerprint density at radius 1 is 0.982 bits per heavy atom. The van der Waals surface area contributed by atoms with Crippen LogP contribution in [0.4, 0.5) is 23.1 Å². The summed E-state index contributed by atoms with van der Waals surface area (Å²) in [6.07, 6.45) is 6.80. The maximum absolute atomic E-state index is 13.4. The molecule has 0 aliphatic carbocycles. The maximum atomic E-state index is 13.4. The summed E-state index contributed by atoms with van der Waals surface area (Å²) in [6, 6.07) is 10.1. The molecule has 0 spiro atoms. The van der Waals surface area contributed by atoms with Crippen LogP contribution in [0.5, 0.6) is 5.75 Å². The number of benzene rings is 2. The van der Waals surface area contributed by atoms with E-state index in [-0.39, 0.29) is 11.8 Å². The van der Waals surface area contributed by atoms with Crippen LogP contribution in [0.25, 0.3) is 0 Å². The molecule has 2 amide bonds. The highest BCUT2D eigenvalue weighted by atomic mass is 35.5. The fourth-order valence-corrected chi connectivity index (χ4v) is 6.95. The summed E-state index contributed by atoms with van der Waals surface area (Å²) in [6.45, 7) is 11.9. The lowest BCUT2D eigenvalue weighted by Crippen LogP contribution is -2.50. The third kappa shape index (κ3) is 12.2. The minimum absolute atomic E-state index is 0.0319. The summed E-state index contributed by atoms with van der Waals surface area (Å²) in [5, 5.41) is 9.22. The molecule has 16 heteroatoms. The number of nitrogens with zero attached hydrogens (tertiary/aromatic N) is 7. The van der Waals surface area contributed by atoms with E-state index in [1.165, 1.54) is 11.1 Å². The molecule has 3 aromatic rings. The molecule has 1 aromatic heterocycles. The molecule has 15 nitrogen and oxygen atoms in total. The van der Waals surface area contributed by atoms with Crippen LogP contribution in [-0.4, -0.2) is 161 Å². The van der Waals surface area contributed by atoms with Gasteiger partial charge in [0.1, 0.15) is 22.9 Å². The quantitative estimate of drug-likeness (QED) is 0.132. The minimum atomic E-state index is -0.587. The first-order valence-corrected chi connectivity index (χ1v) is 19.6. The Hall–Kier alpha value is -5.09. The van der Waals surface area contributed by atoms with Crippen LogP contribution in [-0.2, 0) is 4.79 Å². The molecule has 1 unspecified atom stereocenters. The van der Waals surface area contributed by atoms with Gasteiger partial charge in [0.05, 0.1) is 30.6 Å². The van der Waals surface area contributed by atoms with Crippen molar-refractivity contribution < 1.29 is 23.9 Å². The highest BCUT2D eigenvalue weighted by Gasteiger charge is 2.26. The number of amides is 2. The van der Waals surface area contributed by atoms with Crippen LogP contribution in [0.15, 0.2) is 55.3 Å². The number of hydrogen-bond donors (Lipinski definition) is 3. The van der Waals surface area contributed by atoms with Gasteiger partial charge in [0, 0.05) is 83.3 Å². The predicted molar refractivity (Wildman–Crippen MR) is 227 cm³/mol. The zero-order valence-electron chi connectivity index (χ0n) is 33.8. The standard InChI is InChI=1S/C39H50ClN9O5.C2H7N/c1-5-6-8-31(27-51)45(3)38(53)32-24-30(11-9-29(32)26-50)48-19-15-46(16-20-48)13-7-14-47-17-21-49(22-18-47)37(52)28-10-12-34(35(23-28)54-4)43-39-42-25-33(40)36(41-2)44-39;1-3-2/h5,9-12,23-27,31H,1,6-8,13-22H2,2-4H3,(H2,41,42,43,44);3H,1-2H3. The molecule has 3 N–H and O–H groups in total. The summed E-state index contributed by atoms with van der Waals surface area (Å²) in [5.74, 6) is 0.975. The Morgan fingerprint density at radius 3 is 2.25 bits per heavy atom. The van der Waals surface area contributed by atoms with Gasteiger partial charge in [0.15, 0.2) is 6.29 Å². The fourth-order valence-electron chi connectivity index (χ4n) is 6.77. The summed E-state index contributed by atoms with van der Waals surface area (Å²) in [7, 11) is 8.63. The summed E-state index contributed by atoms with van der Waals surface area (Å²) < 4.78 is 5.58. The molecule has 2 fully saturated rings. The van der Waals surface area contributed by atoms with E-state index >= 15 is 0 Å². The lowest BCUT2D eigenvalue weighted by atomic mass is 10.0. The van der Waals surface area contributed by atoms with Gasteiger partial charge in [-0.25, -0.2) is 4.98 Å². The molecular weight excluding hydrogens is 748 g/mol. The number of likely N-dealkylation sites (N-methyl/N-ethyl adjacent to an activating group) is 1. The van der Waals surface area contributed by atoms with Crippen LogP contribution >= 0.6 is 11.6 Å². The van der Waals surface area contributed by atoms with E-state index < -0.39 is 6.04 Å². The number of rotatable bonds is 17. The maximum Gasteiger partial charge on any atom is 0.255 e. The number of nitrogens with one attached hydrogen (secondary N) is 3. The average Bonchev–Trinajstić information content (AvgIpc) is 3.24. The number of carbonyl (C=O) groups excluding carboxylic acids is 4. The van der Waals surface area contributed by atoms with Crippen LogP contribution in [0, 0.1) is 0 Å². The molecule has 2 aliphatic heterocycles. The van der Waals surface area contributed by atoms with Gasteiger partial charge in [0.25, 0.3) is 11.8 Å². The van der Waals surface area contributed by atoms with Crippen molar-refractivity contribution in [2.45, 2.75) is 25.3 Å². The van der Waals surface area contributed by atoms with E-state index in [1.54, 1.807) is 57.6 Å². The number of aldehydes is 2. The molecule has 308 valence electrons. The highest BCUT2D eigenvalue weighted by Crippen LogP contribution is 2.30. The number of aromatic nitrogens is 2. The summed E-state index contributed by atoms with van der Waals surface area (Å²) >= 11 is 6.10. The average molecular weight is 805 g/mol. The minimum Gasteiger partial charge on any atom is -0.495 e. The number of halogens is 1. The SMILES string of the molecule is C=CCCC(C=O)N(C)C(=O)c1cc(N2CCN(CCCN3CCN(C(=O)c4ccc(Nc5ncc(Cl)c(NC)n5)c(OC)c4)CC3)CC2)ccc1C=O.CNC. The highest BCUT2D eigenvalue weighted by molar-refractivity contribution is 6.32. The summed E-state index contributed by atoms with van der Waals surface area (Å²) in [4.78, 5) is 69.3. The topological polar surface area (TPSA) is 156 Å². The van der Waals surface area contributed by atoms with E-state index in [4.69, 9.17) is 16.3 Å². The Labute approximate surface area is 341 Å². The largest absolute Gasteiger partial charge is 0.495 e. The Balaban J connectivity index is 0.00000232. The molecule has 2 aliphatic rings. The summed E-state index contributed by atoms with van der Waals surface area (Å²) in [5.41, 5.74) is 2.69. The lowest BCUT2D eigenvalue weighted by molar-refractivity contribution is -0.111. The van der Waals surface area contributed by atoms with E-state index in [1.807, 2.05) is 25.1 Å². The first-order chi connectivity index (χ1) is 27.6. The van der Waals surface area contributed by atoms with Crippen molar-refractivity contribution in [3.05, 3.63) is 77.0 Å². The van der Waals surface area contributed by atoms with Gasteiger partial charge < -0.3 is 40.2 Å². The molecule has 2 saturated heterocycles. The molecule has 0 bridgehead atoms. The molecule has 1 atom stereocenters. The zero-order chi connectivity index (χ0) is 41.3. The molecule has 5 rings (SSSR count). The van der Waals surface area contributed by atoms with Crippen LogP contribution < -0.4 is 25.6 Å². The molecule has 0 radical (unpaired) electrons. The smallest absolute Gasteiger partial charge is 0.255 e. The Morgan fingerprint density at radius 2 is 1.65 bits per heavy atom. The van der Waals surface area contributed by atoms with Crippen LogP contribution in [0.1, 0.15) is 50.3 Å². The van der Waals surface area contributed by atoms with Crippen molar-refractivity contribution in [3.8, 4) is 5.75 Å². The third-order valence-electron chi connectivity index (χ3n) is 10.1. The number of carbonyl (C=O) groups is 4.